The lowest BCUT2D eigenvalue weighted by Crippen LogP contribution is -2.44. The Morgan fingerprint density at radius 3 is 2.55 bits per heavy atom. The Morgan fingerprint density at radius 2 is 1.90 bits per heavy atom. The molecule has 0 bridgehead atoms. The standard InChI is InChI=1S/C16H25BrN2O/c1-19-15(14(17)11-18-19)16(20)10-6-5-9-13(16)12-7-3-2-4-8-12/h11-13,20H,2-10H2,1H3. The van der Waals surface area contributed by atoms with E-state index in [-0.39, 0.29) is 0 Å². The van der Waals surface area contributed by atoms with Crippen molar-refractivity contribution in [2.45, 2.75) is 63.4 Å². The summed E-state index contributed by atoms with van der Waals surface area (Å²) in [5.41, 5.74) is 0.303. The SMILES string of the molecule is Cn1ncc(Br)c1C1(O)CCCCC1C1CCCCC1. The number of aliphatic hydroxyl groups is 1. The van der Waals surface area contributed by atoms with Crippen LogP contribution in [-0.2, 0) is 12.6 Å². The highest BCUT2D eigenvalue weighted by atomic mass is 79.9. The summed E-state index contributed by atoms with van der Waals surface area (Å²) in [7, 11) is 1.95. The quantitative estimate of drug-likeness (QED) is 0.878. The van der Waals surface area contributed by atoms with Crippen LogP contribution in [0, 0.1) is 11.8 Å². The molecule has 2 fully saturated rings. The van der Waals surface area contributed by atoms with E-state index in [1.54, 1.807) is 0 Å². The summed E-state index contributed by atoms with van der Waals surface area (Å²) in [6.07, 6.45) is 12.9. The Morgan fingerprint density at radius 1 is 1.20 bits per heavy atom. The molecule has 1 aromatic heterocycles. The third-order valence-corrected chi connectivity index (χ3v) is 6.04. The van der Waals surface area contributed by atoms with Gasteiger partial charge >= 0.3 is 0 Å². The van der Waals surface area contributed by atoms with Gasteiger partial charge in [0.25, 0.3) is 0 Å². The predicted octanol–water partition coefficient (Wildman–Crippen LogP) is 4.14. The molecule has 4 heteroatoms. The highest BCUT2D eigenvalue weighted by Gasteiger charge is 2.46. The molecule has 0 spiro atoms. The van der Waals surface area contributed by atoms with E-state index in [4.69, 9.17) is 0 Å². The van der Waals surface area contributed by atoms with Crippen LogP contribution in [0.15, 0.2) is 10.7 Å². The molecule has 2 aliphatic rings. The summed E-state index contributed by atoms with van der Waals surface area (Å²) in [5, 5.41) is 15.8. The summed E-state index contributed by atoms with van der Waals surface area (Å²) in [6, 6.07) is 0. The molecule has 2 unspecified atom stereocenters. The normalized spacial score (nSPS) is 32.5. The molecule has 1 N–H and O–H groups in total. The number of hydrogen-bond donors (Lipinski definition) is 1. The molecule has 0 aliphatic heterocycles. The van der Waals surface area contributed by atoms with Gasteiger partial charge < -0.3 is 5.11 Å². The highest BCUT2D eigenvalue weighted by Crippen LogP contribution is 2.50. The first kappa shape index (κ1) is 14.6. The lowest BCUT2D eigenvalue weighted by Gasteiger charge is -2.45. The second-order valence-electron chi connectivity index (χ2n) is 6.64. The molecular weight excluding hydrogens is 316 g/mol. The van der Waals surface area contributed by atoms with Crippen LogP contribution >= 0.6 is 15.9 Å². The van der Waals surface area contributed by atoms with Gasteiger partial charge in [0, 0.05) is 7.05 Å². The lowest BCUT2D eigenvalue weighted by atomic mass is 9.64. The van der Waals surface area contributed by atoms with Crippen molar-refractivity contribution in [3.8, 4) is 0 Å². The van der Waals surface area contributed by atoms with Gasteiger partial charge in [-0.25, -0.2) is 0 Å². The molecule has 2 atom stereocenters. The summed E-state index contributed by atoms with van der Waals surface area (Å²) < 4.78 is 2.83. The zero-order valence-electron chi connectivity index (χ0n) is 12.3. The maximum atomic E-state index is 11.5. The molecular formula is C16H25BrN2O. The largest absolute Gasteiger partial charge is 0.383 e. The minimum Gasteiger partial charge on any atom is -0.383 e. The Labute approximate surface area is 129 Å². The first-order valence-corrected chi connectivity index (χ1v) is 8.82. The molecule has 3 nitrogen and oxygen atoms in total. The van der Waals surface area contributed by atoms with E-state index < -0.39 is 5.60 Å². The third kappa shape index (κ3) is 2.45. The Balaban J connectivity index is 1.94. The van der Waals surface area contributed by atoms with Gasteiger partial charge in [0.15, 0.2) is 0 Å². The molecule has 1 heterocycles. The van der Waals surface area contributed by atoms with Gasteiger partial charge in [0.1, 0.15) is 5.60 Å². The van der Waals surface area contributed by atoms with Crippen LogP contribution in [0.5, 0.6) is 0 Å². The van der Waals surface area contributed by atoms with Crippen molar-refractivity contribution in [3.05, 3.63) is 16.4 Å². The fourth-order valence-electron chi connectivity index (χ4n) is 4.54. The van der Waals surface area contributed by atoms with Gasteiger partial charge in [-0.05, 0) is 40.6 Å². The van der Waals surface area contributed by atoms with Gasteiger partial charge in [0.2, 0.25) is 0 Å². The Bertz CT molecular complexity index is 448. The maximum absolute atomic E-state index is 11.5. The van der Waals surface area contributed by atoms with E-state index in [1.165, 1.54) is 44.9 Å². The van der Waals surface area contributed by atoms with Crippen molar-refractivity contribution < 1.29 is 5.11 Å². The summed E-state index contributed by atoms with van der Waals surface area (Å²) in [4.78, 5) is 0. The van der Waals surface area contributed by atoms with Crippen molar-refractivity contribution >= 4 is 15.9 Å². The molecule has 0 amide bonds. The average Bonchev–Trinajstić information content (AvgIpc) is 2.80. The fourth-order valence-corrected chi connectivity index (χ4v) is 5.23. The van der Waals surface area contributed by atoms with E-state index >= 15 is 0 Å². The molecule has 2 aliphatic carbocycles. The van der Waals surface area contributed by atoms with E-state index in [2.05, 4.69) is 21.0 Å². The van der Waals surface area contributed by atoms with E-state index in [0.717, 1.165) is 23.0 Å². The van der Waals surface area contributed by atoms with Crippen LogP contribution in [0.4, 0.5) is 0 Å². The van der Waals surface area contributed by atoms with Gasteiger partial charge in [0.05, 0.1) is 16.4 Å². The number of nitrogens with zero attached hydrogens (tertiary/aromatic N) is 2. The molecule has 20 heavy (non-hydrogen) atoms. The number of halogens is 1. The minimum absolute atomic E-state index is 0.406. The van der Waals surface area contributed by atoms with E-state index in [9.17, 15) is 5.11 Å². The Hall–Kier alpha value is -0.350. The monoisotopic (exact) mass is 340 g/mol. The first-order valence-electron chi connectivity index (χ1n) is 8.03. The molecule has 0 radical (unpaired) electrons. The van der Waals surface area contributed by atoms with Crippen molar-refractivity contribution in [3.63, 3.8) is 0 Å². The van der Waals surface area contributed by atoms with Crippen LogP contribution < -0.4 is 0 Å². The zero-order valence-corrected chi connectivity index (χ0v) is 13.9. The van der Waals surface area contributed by atoms with Crippen LogP contribution in [0.1, 0.15) is 63.5 Å². The van der Waals surface area contributed by atoms with Crippen LogP contribution in [0.25, 0.3) is 0 Å². The third-order valence-electron chi connectivity index (χ3n) is 5.46. The average molecular weight is 341 g/mol. The van der Waals surface area contributed by atoms with Crippen molar-refractivity contribution in [1.82, 2.24) is 9.78 Å². The van der Waals surface area contributed by atoms with Crippen molar-refractivity contribution in [2.24, 2.45) is 18.9 Å². The summed E-state index contributed by atoms with van der Waals surface area (Å²) in [5.74, 6) is 1.10. The molecule has 1 aromatic rings. The second kappa shape index (κ2) is 5.80. The van der Waals surface area contributed by atoms with Gasteiger partial charge in [-0.3, -0.25) is 4.68 Å². The predicted molar refractivity (Wildman–Crippen MR) is 83.3 cm³/mol. The molecule has 0 saturated heterocycles. The maximum Gasteiger partial charge on any atom is 0.110 e. The minimum atomic E-state index is -0.690. The smallest absolute Gasteiger partial charge is 0.110 e. The molecule has 112 valence electrons. The van der Waals surface area contributed by atoms with Gasteiger partial charge in [-0.2, -0.15) is 5.10 Å². The lowest BCUT2D eigenvalue weighted by molar-refractivity contribution is -0.0894. The van der Waals surface area contributed by atoms with Crippen LogP contribution in [0.2, 0.25) is 0 Å². The van der Waals surface area contributed by atoms with Crippen molar-refractivity contribution in [1.29, 1.82) is 0 Å². The van der Waals surface area contributed by atoms with Crippen LogP contribution in [0.3, 0.4) is 0 Å². The van der Waals surface area contributed by atoms with Crippen LogP contribution in [-0.4, -0.2) is 14.9 Å². The second-order valence-corrected chi connectivity index (χ2v) is 7.49. The van der Waals surface area contributed by atoms with E-state index in [0.29, 0.717) is 11.8 Å². The molecule has 0 aromatic carbocycles. The van der Waals surface area contributed by atoms with Gasteiger partial charge in [-0.15, -0.1) is 0 Å². The number of rotatable bonds is 2. The number of aryl methyl sites for hydroxylation is 1. The summed E-state index contributed by atoms with van der Waals surface area (Å²) >= 11 is 3.60. The first-order chi connectivity index (χ1) is 9.63. The highest BCUT2D eigenvalue weighted by molar-refractivity contribution is 9.10. The number of aromatic nitrogens is 2. The molecule has 2 saturated carbocycles. The van der Waals surface area contributed by atoms with Crippen molar-refractivity contribution in [2.75, 3.05) is 0 Å². The summed E-state index contributed by atoms with van der Waals surface area (Å²) in [6.45, 7) is 0. The van der Waals surface area contributed by atoms with Gasteiger partial charge in [-0.1, -0.05) is 44.9 Å². The Kier molecular flexibility index (Phi) is 4.23. The number of hydrogen-bond acceptors (Lipinski definition) is 2. The fraction of sp³-hybridized carbons (Fsp3) is 0.812. The topological polar surface area (TPSA) is 38.0 Å². The van der Waals surface area contributed by atoms with E-state index in [1.807, 2.05) is 17.9 Å². The molecule has 3 rings (SSSR count). The zero-order chi connectivity index (χ0) is 14.2.